The molecule has 0 radical (unpaired) electrons. The lowest BCUT2D eigenvalue weighted by atomic mass is 10.1. The van der Waals surface area contributed by atoms with Crippen molar-refractivity contribution in [1.29, 1.82) is 0 Å². The minimum Gasteiger partial charge on any atom is -0.316 e. The molecule has 0 saturated carbocycles. The van der Waals surface area contributed by atoms with Crippen molar-refractivity contribution in [2.24, 2.45) is 0 Å². The highest BCUT2D eigenvalue weighted by molar-refractivity contribution is 7.15. The Morgan fingerprint density at radius 3 is 2.77 bits per heavy atom. The van der Waals surface area contributed by atoms with E-state index >= 15 is 0 Å². The molecule has 5 nitrogen and oxygen atoms in total. The number of carbonyl (C=O) groups is 1. The molecule has 2 heterocycles. The number of rotatable bonds is 3. The second kappa shape index (κ2) is 7.05. The molecule has 0 fully saturated rings. The van der Waals surface area contributed by atoms with Gasteiger partial charge in [0.25, 0.3) is 0 Å². The van der Waals surface area contributed by atoms with Gasteiger partial charge in [-0.25, -0.2) is 4.79 Å². The first kappa shape index (κ1) is 17.0. The molecule has 1 aliphatic heterocycles. The number of anilines is 1. The van der Waals surface area contributed by atoms with Crippen LogP contribution in [0.5, 0.6) is 0 Å². The van der Waals surface area contributed by atoms with Crippen LogP contribution in [-0.4, -0.2) is 21.1 Å². The Hall–Kier alpha value is -2.44. The highest BCUT2D eigenvalue weighted by Gasteiger charge is 2.25. The normalized spacial score (nSPS) is 12.9. The summed E-state index contributed by atoms with van der Waals surface area (Å²) in [6, 6.07) is 13.9. The van der Waals surface area contributed by atoms with E-state index in [0.717, 1.165) is 16.1 Å². The average Bonchev–Trinajstić information content (AvgIpc) is 3.25. The topological polar surface area (TPSA) is 58.1 Å². The summed E-state index contributed by atoms with van der Waals surface area (Å²) in [6.45, 7) is 3.12. The lowest BCUT2D eigenvalue weighted by molar-refractivity contribution is 0.212. The van der Waals surface area contributed by atoms with Gasteiger partial charge in [0.05, 0.1) is 0 Å². The molecule has 0 unspecified atom stereocenters. The van der Waals surface area contributed by atoms with Crippen molar-refractivity contribution in [1.82, 2.24) is 15.1 Å². The number of hydrogen-bond acceptors (Lipinski definition) is 4. The van der Waals surface area contributed by atoms with Gasteiger partial charge in [0.1, 0.15) is 5.01 Å². The highest BCUT2D eigenvalue weighted by atomic mass is 35.5. The van der Waals surface area contributed by atoms with Crippen LogP contribution in [-0.2, 0) is 19.5 Å². The van der Waals surface area contributed by atoms with Crippen molar-refractivity contribution in [2.75, 3.05) is 5.32 Å². The van der Waals surface area contributed by atoms with Gasteiger partial charge in [-0.2, -0.15) is 0 Å². The summed E-state index contributed by atoms with van der Waals surface area (Å²) in [5.74, 6) is 0. The summed E-state index contributed by atoms with van der Waals surface area (Å²) in [7, 11) is 0. The van der Waals surface area contributed by atoms with E-state index in [2.05, 4.69) is 46.7 Å². The number of nitrogens with zero attached hydrogens (tertiary/aromatic N) is 3. The average molecular weight is 385 g/mol. The molecule has 26 heavy (non-hydrogen) atoms. The number of carbonyl (C=O) groups excluding carboxylic acids is 1. The number of benzene rings is 2. The van der Waals surface area contributed by atoms with E-state index in [1.54, 1.807) is 4.90 Å². The number of fused-ring (bicyclic) bond motifs is 1. The first-order valence-corrected chi connectivity index (χ1v) is 9.48. The molecular formula is C19H17ClN4OS. The Kier molecular flexibility index (Phi) is 4.61. The van der Waals surface area contributed by atoms with Gasteiger partial charge in [-0.05, 0) is 29.7 Å². The SMILES string of the molecule is Cc1ccc(Cc2nnc(NC(=O)N3Cc4cccc(Cl)c4C3)s2)cc1. The van der Waals surface area contributed by atoms with Gasteiger partial charge in [0.15, 0.2) is 0 Å². The van der Waals surface area contributed by atoms with Crippen LogP contribution in [0.25, 0.3) is 0 Å². The van der Waals surface area contributed by atoms with Gasteiger partial charge in [-0.15, -0.1) is 10.2 Å². The molecule has 0 bridgehead atoms. The van der Waals surface area contributed by atoms with Crippen molar-refractivity contribution in [3.63, 3.8) is 0 Å². The Morgan fingerprint density at radius 2 is 2.00 bits per heavy atom. The van der Waals surface area contributed by atoms with Gasteiger partial charge in [-0.1, -0.05) is 64.9 Å². The molecule has 2 amide bonds. The van der Waals surface area contributed by atoms with Gasteiger partial charge < -0.3 is 4.90 Å². The maximum atomic E-state index is 12.5. The second-order valence-corrected chi connectivity index (χ2v) is 7.80. The lowest BCUT2D eigenvalue weighted by Crippen LogP contribution is -2.30. The van der Waals surface area contributed by atoms with Crippen molar-refractivity contribution >= 4 is 34.1 Å². The predicted octanol–water partition coefficient (Wildman–Crippen LogP) is 4.64. The summed E-state index contributed by atoms with van der Waals surface area (Å²) in [5, 5.41) is 13.2. The van der Waals surface area contributed by atoms with Gasteiger partial charge in [0.2, 0.25) is 5.13 Å². The molecule has 0 spiro atoms. The summed E-state index contributed by atoms with van der Waals surface area (Å²) in [4.78, 5) is 14.2. The number of hydrogen-bond donors (Lipinski definition) is 1. The molecule has 4 rings (SSSR count). The first-order valence-electron chi connectivity index (χ1n) is 8.28. The van der Waals surface area contributed by atoms with Crippen LogP contribution in [0.15, 0.2) is 42.5 Å². The third kappa shape index (κ3) is 3.57. The maximum absolute atomic E-state index is 12.5. The van der Waals surface area contributed by atoms with Crippen molar-refractivity contribution in [3.05, 3.63) is 74.7 Å². The smallest absolute Gasteiger partial charge is 0.316 e. The van der Waals surface area contributed by atoms with E-state index in [1.807, 2.05) is 18.2 Å². The van der Waals surface area contributed by atoms with E-state index in [9.17, 15) is 4.79 Å². The molecule has 0 atom stereocenters. The predicted molar refractivity (Wildman–Crippen MR) is 104 cm³/mol. The fraction of sp³-hybridized carbons (Fsp3) is 0.211. The number of aryl methyl sites for hydroxylation is 1. The molecule has 7 heteroatoms. The molecule has 1 aliphatic rings. The standard InChI is InChI=1S/C19H17ClN4OS/c1-12-5-7-13(8-6-12)9-17-22-23-18(26-17)21-19(25)24-10-14-3-2-4-16(20)15(14)11-24/h2-8H,9-11H2,1H3,(H,21,23,25). The van der Waals surface area contributed by atoms with Crippen LogP contribution in [0.1, 0.15) is 27.3 Å². The van der Waals surface area contributed by atoms with Gasteiger partial charge in [-0.3, -0.25) is 5.32 Å². The molecule has 3 aromatic rings. The zero-order valence-electron chi connectivity index (χ0n) is 14.2. The minimum absolute atomic E-state index is 0.185. The van der Waals surface area contributed by atoms with E-state index in [-0.39, 0.29) is 6.03 Å². The quantitative estimate of drug-likeness (QED) is 0.715. The van der Waals surface area contributed by atoms with Crippen LogP contribution < -0.4 is 5.32 Å². The largest absolute Gasteiger partial charge is 0.324 e. The van der Waals surface area contributed by atoms with E-state index < -0.39 is 0 Å². The monoisotopic (exact) mass is 384 g/mol. The number of nitrogens with one attached hydrogen (secondary N) is 1. The molecule has 2 aromatic carbocycles. The summed E-state index contributed by atoms with van der Waals surface area (Å²) in [5.41, 5.74) is 4.51. The number of halogens is 1. The van der Waals surface area contributed by atoms with Crippen LogP contribution in [0.2, 0.25) is 5.02 Å². The third-order valence-corrected chi connectivity index (χ3v) is 5.56. The summed E-state index contributed by atoms with van der Waals surface area (Å²) >= 11 is 7.61. The van der Waals surface area contributed by atoms with Gasteiger partial charge in [0, 0.05) is 24.5 Å². The number of urea groups is 1. The summed E-state index contributed by atoms with van der Waals surface area (Å²) in [6.07, 6.45) is 0.707. The van der Waals surface area contributed by atoms with Crippen LogP contribution in [0.4, 0.5) is 9.93 Å². The number of amides is 2. The molecule has 0 saturated heterocycles. The zero-order chi connectivity index (χ0) is 18.1. The van der Waals surface area contributed by atoms with Crippen LogP contribution >= 0.6 is 22.9 Å². The Morgan fingerprint density at radius 1 is 1.19 bits per heavy atom. The van der Waals surface area contributed by atoms with Crippen LogP contribution in [0.3, 0.4) is 0 Å². The fourth-order valence-corrected chi connectivity index (χ4v) is 3.97. The molecule has 0 aliphatic carbocycles. The van der Waals surface area contributed by atoms with Crippen LogP contribution in [0, 0.1) is 6.92 Å². The van der Waals surface area contributed by atoms with Crippen molar-refractivity contribution in [2.45, 2.75) is 26.4 Å². The molecular weight excluding hydrogens is 368 g/mol. The first-order chi connectivity index (χ1) is 12.6. The van der Waals surface area contributed by atoms with E-state index in [1.165, 1.54) is 22.5 Å². The zero-order valence-corrected chi connectivity index (χ0v) is 15.8. The highest BCUT2D eigenvalue weighted by Crippen LogP contribution is 2.29. The fourth-order valence-electron chi connectivity index (χ4n) is 2.95. The third-order valence-electron chi connectivity index (χ3n) is 4.37. The maximum Gasteiger partial charge on any atom is 0.324 e. The van der Waals surface area contributed by atoms with Crippen molar-refractivity contribution in [3.8, 4) is 0 Å². The second-order valence-electron chi connectivity index (χ2n) is 6.33. The van der Waals surface area contributed by atoms with Gasteiger partial charge >= 0.3 is 6.03 Å². The minimum atomic E-state index is -0.185. The Balaban J connectivity index is 1.39. The Labute approximate surface area is 160 Å². The molecule has 1 N–H and O–H groups in total. The van der Waals surface area contributed by atoms with Crippen molar-refractivity contribution < 1.29 is 4.79 Å². The number of aromatic nitrogens is 2. The summed E-state index contributed by atoms with van der Waals surface area (Å²) < 4.78 is 0. The van der Waals surface area contributed by atoms with E-state index in [4.69, 9.17) is 11.6 Å². The molecule has 132 valence electrons. The lowest BCUT2D eigenvalue weighted by Gasteiger charge is -2.14. The Bertz CT molecular complexity index is 954. The molecule has 1 aromatic heterocycles. The van der Waals surface area contributed by atoms with E-state index in [0.29, 0.717) is 29.7 Å².